The van der Waals surface area contributed by atoms with Crippen molar-refractivity contribution in [2.24, 2.45) is 0 Å². The maximum Gasteiger partial charge on any atom is 0.335 e. The molecule has 0 amide bonds. The largest absolute Gasteiger partial charge is 0.478 e. The third kappa shape index (κ3) is 3.46. The fourth-order valence-corrected chi connectivity index (χ4v) is 2.89. The minimum absolute atomic E-state index is 0. The summed E-state index contributed by atoms with van der Waals surface area (Å²) in [6.07, 6.45) is 0. The topological polar surface area (TPSA) is 66.0 Å². The molecule has 108 valence electrons. The average molecular weight is 365 g/mol. The zero-order valence-corrected chi connectivity index (χ0v) is 13.5. The number of thioether (sulfide) groups is 1. The normalized spacial score (nSPS) is 10.3. The first kappa shape index (κ1) is 15.6. The molecule has 3 aromatic rings. The van der Waals surface area contributed by atoms with Gasteiger partial charge in [0.15, 0.2) is 5.16 Å². The van der Waals surface area contributed by atoms with Crippen LogP contribution in [0.1, 0.15) is 15.9 Å². The van der Waals surface area contributed by atoms with Crippen molar-refractivity contribution in [1.82, 2.24) is 9.97 Å². The summed E-state index contributed by atoms with van der Waals surface area (Å²) in [5.41, 5.74) is 3.05. The predicted molar refractivity (Wildman–Crippen MR) is 89.4 cm³/mol. The first-order valence-corrected chi connectivity index (χ1v) is 7.11. The number of carboxylic acid groups (broad SMARTS) is 1. The van der Waals surface area contributed by atoms with Crippen molar-refractivity contribution >= 4 is 45.7 Å². The molecule has 4 nitrogen and oxygen atoms in total. The molecule has 3 rings (SSSR count). The Kier molecular flexibility index (Phi) is 5.03. The molecule has 0 fully saturated rings. The Morgan fingerprint density at radius 1 is 1.14 bits per heavy atom. The number of fused-ring (bicyclic) bond motifs is 1. The molecule has 1 heterocycles. The highest BCUT2D eigenvalue weighted by Gasteiger charge is 2.10. The fraction of sp³-hybridized carbons (Fsp3) is 0.0667. The van der Waals surface area contributed by atoms with Crippen LogP contribution in [0, 0.1) is 0 Å². The number of imidazole rings is 1. The van der Waals surface area contributed by atoms with E-state index in [1.54, 1.807) is 12.1 Å². The second-order valence-electron chi connectivity index (χ2n) is 4.31. The van der Waals surface area contributed by atoms with E-state index in [9.17, 15) is 4.79 Å². The summed E-state index contributed by atoms with van der Waals surface area (Å²) in [4.78, 5) is 18.8. The SMILES string of the molecule is Br.O=C(O)c1ccccc1CSc1nc2ccccc2[nH]1. The van der Waals surface area contributed by atoms with Gasteiger partial charge in [-0.3, -0.25) is 0 Å². The van der Waals surface area contributed by atoms with Gasteiger partial charge < -0.3 is 10.1 Å². The number of halogens is 1. The molecule has 2 aromatic carbocycles. The molecule has 1 aromatic heterocycles. The Hall–Kier alpha value is -1.79. The van der Waals surface area contributed by atoms with E-state index in [0.717, 1.165) is 21.8 Å². The molecule has 0 spiro atoms. The van der Waals surface area contributed by atoms with E-state index in [4.69, 9.17) is 5.11 Å². The summed E-state index contributed by atoms with van der Waals surface area (Å²) < 4.78 is 0. The van der Waals surface area contributed by atoms with Crippen LogP contribution in [-0.4, -0.2) is 21.0 Å². The molecular weight excluding hydrogens is 352 g/mol. The monoisotopic (exact) mass is 364 g/mol. The first-order valence-electron chi connectivity index (χ1n) is 6.13. The van der Waals surface area contributed by atoms with Gasteiger partial charge in [0.1, 0.15) is 0 Å². The van der Waals surface area contributed by atoms with Gasteiger partial charge in [-0.2, -0.15) is 0 Å². The second kappa shape index (κ2) is 6.78. The van der Waals surface area contributed by atoms with Gasteiger partial charge >= 0.3 is 5.97 Å². The lowest BCUT2D eigenvalue weighted by molar-refractivity contribution is 0.0696. The molecule has 0 saturated carbocycles. The molecule has 0 aliphatic carbocycles. The standard InChI is InChI=1S/C15H12N2O2S.BrH/c18-14(19)11-6-2-1-5-10(11)9-20-15-16-12-7-3-4-8-13(12)17-15;/h1-8H,9H2,(H,16,17)(H,18,19);1H. The van der Waals surface area contributed by atoms with E-state index in [0.29, 0.717) is 11.3 Å². The number of carboxylic acids is 1. The average Bonchev–Trinajstić information content (AvgIpc) is 2.88. The van der Waals surface area contributed by atoms with Crippen LogP contribution in [-0.2, 0) is 5.75 Å². The highest BCUT2D eigenvalue weighted by Crippen LogP contribution is 2.24. The van der Waals surface area contributed by atoms with Crippen LogP contribution < -0.4 is 0 Å². The quantitative estimate of drug-likeness (QED) is 0.683. The van der Waals surface area contributed by atoms with Crippen molar-refractivity contribution in [3.8, 4) is 0 Å². The highest BCUT2D eigenvalue weighted by molar-refractivity contribution is 8.93. The highest BCUT2D eigenvalue weighted by atomic mass is 79.9. The molecule has 0 atom stereocenters. The number of carbonyl (C=O) groups is 1. The third-order valence-corrected chi connectivity index (χ3v) is 3.90. The Morgan fingerprint density at radius 3 is 2.62 bits per heavy atom. The number of para-hydroxylation sites is 2. The summed E-state index contributed by atoms with van der Waals surface area (Å²) in [7, 11) is 0. The van der Waals surface area contributed by atoms with Crippen molar-refractivity contribution in [3.05, 3.63) is 59.7 Å². The van der Waals surface area contributed by atoms with Gasteiger partial charge in [-0.25, -0.2) is 9.78 Å². The van der Waals surface area contributed by atoms with Crippen LogP contribution in [0.4, 0.5) is 0 Å². The van der Waals surface area contributed by atoms with Crippen molar-refractivity contribution in [3.63, 3.8) is 0 Å². The van der Waals surface area contributed by atoms with Gasteiger partial charge in [0, 0.05) is 5.75 Å². The van der Waals surface area contributed by atoms with Gasteiger partial charge in [0.25, 0.3) is 0 Å². The summed E-state index contributed by atoms with van der Waals surface area (Å²) in [5.74, 6) is -0.326. The first-order chi connectivity index (χ1) is 9.74. The van der Waals surface area contributed by atoms with E-state index < -0.39 is 5.97 Å². The maximum atomic E-state index is 11.1. The molecule has 6 heteroatoms. The molecule has 2 N–H and O–H groups in total. The lowest BCUT2D eigenvalue weighted by Gasteiger charge is -2.03. The number of nitrogens with one attached hydrogen (secondary N) is 1. The number of aromatic carboxylic acids is 1. The maximum absolute atomic E-state index is 11.1. The van der Waals surface area contributed by atoms with E-state index in [1.165, 1.54) is 11.8 Å². The smallest absolute Gasteiger partial charge is 0.335 e. The summed E-state index contributed by atoms with van der Waals surface area (Å²) in [6.45, 7) is 0. The lowest BCUT2D eigenvalue weighted by Crippen LogP contribution is -2.00. The van der Waals surface area contributed by atoms with Crippen LogP contribution in [0.25, 0.3) is 11.0 Å². The Morgan fingerprint density at radius 2 is 1.86 bits per heavy atom. The Bertz CT molecular complexity index is 740. The third-order valence-electron chi connectivity index (χ3n) is 2.98. The zero-order valence-electron chi connectivity index (χ0n) is 10.9. The van der Waals surface area contributed by atoms with Crippen LogP contribution >= 0.6 is 28.7 Å². The number of hydrogen-bond acceptors (Lipinski definition) is 3. The van der Waals surface area contributed by atoms with Crippen molar-refractivity contribution < 1.29 is 9.90 Å². The van der Waals surface area contributed by atoms with Crippen LogP contribution in [0.5, 0.6) is 0 Å². The lowest BCUT2D eigenvalue weighted by atomic mass is 10.1. The molecule has 0 radical (unpaired) electrons. The van der Waals surface area contributed by atoms with Gasteiger partial charge in [-0.1, -0.05) is 42.1 Å². The molecule has 0 aliphatic rings. The number of benzene rings is 2. The number of rotatable bonds is 4. The van der Waals surface area contributed by atoms with Gasteiger partial charge in [0.2, 0.25) is 0 Å². The predicted octanol–water partition coefficient (Wildman–Crippen LogP) is 4.13. The molecule has 0 bridgehead atoms. The van der Waals surface area contributed by atoms with Gasteiger partial charge in [-0.15, -0.1) is 17.0 Å². The summed E-state index contributed by atoms with van der Waals surface area (Å²) in [6, 6.07) is 14.8. The van der Waals surface area contributed by atoms with Crippen molar-refractivity contribution in [2.45, 2.75) is 10.9 Å². The fourth-order valence-electron chi connectivity index (χ4n) is 2.00. The van der Waals surface area contributed by atoms with Gasteiger partial charge in [0.05, 0.1) is 16.6 Å². The van der Waals surface area contributed by atoms with E-state index in [2.05, 4.69) is 9.97 Å². The summed E-state index contributed by atoms with van der Waals surface area (Å²) >= 11 is 1.50. The number of H-pyrrole nitrogens is 1. The number of aromatic nitrogens is 2. The van der Waals surface area contributed by atoms with E-state index in [-0.39, 0.29) is 17.0 Å². The summed E-state index contributed by atoms with van der Waals surface area (Å²) in [5, 5.41) is 9.94. The molecule has 0 aliphatic heterocycles. The zero-order chi connectivity index (χ0) is 13.9. The Labute approximate surface area is 136 Å². The van der Waals surface area contributed by atoms with Crippen LogP contribution in [0.2, 0.25) is 0 Å². The minimum atomic E-state index is -0.897. The van der Waals surface area contributed by atoms with Gasteiger partial charge in [-0.05, 0) is 23.8 Å². The number of hydrogen-bond donors (Lipinski definition) is 2. The van der Waals surface area contributed by atoms with Crippen LogP contribution in [0.3, 0.4) is 0 Å². The van der Waals surface area contributed by atoms with Crippen LogP contribution in [0.15, 0.2) is 53.7 Å². The van der Waals surface area contributed by atoms with Crippen molar-refractivity contribution in [1.29, 1.82) is 0 Å². The van der Waals surface area contributed by atoms with E-state index in [1.807, 2.05) is 36.4 Å². The molecular formula is C15H13BrN2O2S. The number of nitrogens with zero attached hydrogens (tertiary/aromatic N) is 1. The minimum Gasteiger partial charge on any atom is -0.478 e. The molecule has 21 heavy (non-hydrogen) atoms. The Balaban J connectivity index is 0.00000161. The van der Waals surface area contributed by atoms with E-state index >= 15 is 0 Å². The second-order valence-corrected chi connectivity index (χ2v) is 5.27. The molecule has 0 saturated heterocycles. The molecule has 0 unspecified atom stereocenters. The number of aromatic amines is 1. The van der Waals surface area contributed by atoms with Crippen molar-refractivity contribution in [2.75, 3.05) is 0 Å².